The van der Waals surface area contributed by atoms with Crippen molar-refractivity contribution in [2.24, 2.45) is 0 Å². The van der Waals surface area contributed by atoms with Crippen molar-refractivity contribution in [1.29, 1.82) is 0 Å². The van der Waals surface area contributed by atoms with Gasteiger partial charge < -0.3 is 19.9 Å². The van der Waals surface area contributed by atoms with E-state index < -0.39 is 12.0 Å². The zero-order valence-corrected chi connectivity index (χ0v) is 16.8. The second-order valence-electron chi connectivity index (χ2n) is 5.63. The maximum atomic E-state index is 12.6. The van der Waals surface area contributed by atoms with E-state index in [9.17, 15) is 14.7 Å². The molecule has 2 amide bonds. The minimum atomic E-state index is -0.708. The van der Waals surface area contributed by atoms with Gasteiger partial charge in [-0.2, -0.15) is 0 Å². The number of hydrogen-bond donors (Lipinski definition) is 2. The Labute approximate surface area is 161 Å². The predicted molar refractivity (Wildman–Crippen MR) is 100.0 cm³/mol. The Hall–Kier alpha value is -2.22. The van der Waals surface area contributed by atoms with E-state index in [1.165, 1.54) is 4.90 Å². The maximum Gasteiger partial charge on any atom is 0.338 e. The summed E-state index contributed by atoms with van der Waals surface area (Å²) >= 11 is 3.29. The highest BCUT2D eigenvalue weighted by atomic mass is 79.9. The average Bonchev–Trinajstić information content (AvgIpc) is 2.58. The Morgan fingerprint density at radius 1 is 1.31 bits per heavy atom. The third-order valence-corrected chi connectivity index (χ3v) is 4.70. The molecule has 8 heteroatoms. The second-order valence-corrected chi connectivity index (χ2v) is 6.48. The number of carbonyl (C=O) groups excluding carboxylic acids is 2. The first-order chi connectivity index (χ1) is 12.3. The largest absolute Gasteiger partial charge is 0.503 e. The summed E-state index contributed by atoms with van der Waals surface area (Å²) in [6.07, 6.45) is 0. The number of phenolic OH excluding ortho intramolecular Hbond substituents is 1. The smallest absolute Gasteiger partial charge is 0.338 e. The summed E-state index contributed by atoms with van der Waals surface area (Å²) in [5, 5.41) is 13.0. The van der Waals surface area contributed by atoms with Crippen molar-refractivity contribution in [2.45, 2.75) is 33.7 Å². The molecule has 0 aromatic heterocycles. The first-order valence-corrected chi connectivity index (χ1v) is 9.25. The highest BCUT2D eigenvalue weighted by Crippen LogP contribution is 2.40. The van der Waals surface area contributed by atoms with Gasteiger partial charge in [0.25, 0.3) is 0 Å². The van der Waals surface area contributed by atoms with Crippen LogP contribution in [0, 0.1) is 0 Å². The Morgan fingerprint density at radius 3 is 2.58 bits per heavy atom. The van der Waals surface area contributed by atoms with E-state index in [0.29, 0.717) is 34.5 Å². The van der Waals surface area contributed by atoms with Crippen LogP contribution in [-0.2, 0) is 9.53 Å². The van der Waals surface area contributed by atoms with E-state index in [1.54, 1.807) is 32.9 Å². The number of aromatic hydroxyl groups is 1. The minimum Gasteiger partial charge on any atom is -0.503 e. The lowest BCUT2D eigenvalue weighted by Gasteiger charge is -2.35. The third-order valence-electron chi connectivity index (χ3n) is 4.09. The summed E-state index contributed by atoms with van der Waals surface area (Å²) in [6, 6.07) is 2.25. The zero-order valence-electron chi connectivity index (χ0n) is 15.3. The fourth-order valence-corrected chi connectivity index (χ4v) is 3.37. The molecule has 1 atom stereocenters. The van der Waals surface area contributed by atoms with Crippen LogP contribution >= 0.6 is 15.9 Å². The molecule has 0 spiro atoms. The number of carbonyl (C=O) groups is 2. The van der Waals surface area contributed by atoms with Gasteiger partial charge in [0.2, 0.25) is 0 Å². The van der Waals surface area contributed by atoms with Crippen molar-refractivity contribution in [3.63, 3.8) is 0 Å². The molecule has 1 aromatic carbocycles. The van der Waals surface area contributed by atoms with E-state index in [2.05, 4.69) is 21.2 Å². The molecule has 0 fully saturated rings. The fraction of sp³-hybridized carbons (Fsp3) is 0.444. The van der Waals surface area contributed by atoms with Gasteiger partial charge in [-0.25, -0.2) is 9.59 Å². The van der Waals surface area contributed by atoms with Gasteiger partial charge in [-0.15, -0.1) is 0 Å². The van der Waals surface area contributed by atoms with Crippen molar-refractivity contribution in [3.05, 3.63) is 33.4 Å². The van der Waals surface area contributed by atoms with Gasteiger partial charge >= 0.3 is 12.0 Å². The molecule has 1 aliphatic heterocycles. The number of amides is 2. The molecule has 2 rings (SSSR count). The number of rotatable bonds is 6. The number of hydrogen-bond acceptors (Lipinski definition) is 5. The molecule has 2 N–H and O–H groups in total. The maximum absolute atomic E-state index is 12.6. The quantitative estimate of drug-likeness (QED) is 0.679. The highest BCUT2D eigenvalue weighted by Gasteiger charge is 2.36. The Morgan fingerprint density at radius 2 is 2.00 bits per heavy atom. The van der Waals surface area contributed by atoms with Crippen LogP contribution in [0.15, 0.2) is 27.9 Å². The number of esters is 1. The molecule has 1 aliphatic rings. The minimum absolute atomic E-state index is 0.0358. The van der Waals surface area contributed by atoms with E-state index in [1.807, 2.05) is 6.92 Å². The molecule has 1 heterocycles. The Kier molecular flexibility index (Phi) is 6.52. The Balaban J connectivity index is 2.60. The first-order valence-electron chi connectivity index (χ1n) is 8.46. The summed E-state index contributed by atoms with van der Waals surface area (Å²) in [4.78, 5) is 26.5. The number of phenols is 1. The van der Waals surface area contributed by atoms with Gasteiger partial charge in [0.15, 0.2) is 11.5 Å². The SMILES string of the molecule is CCOC(=O)C1=C(C)N(CC)C(=O)N[C@@H]1c1cc(Br)c(O)c(OCC)c1. The van der Waals surface area contributed by atoms with Crippen LogP contribution in [0.1, 0.15) is 39.3 Å². The molecule has 0 aliphatic carbocycles. The molecule has 0 radical (unpaired) electrons. The zero-order chi connectivity index (χ0) is 19.4. The summed E-state index contributed by atoms with van der Waals surface area (Å²) in [5.41, 5.74) is 1.50. The van der Waals surface area contributed by atoms with Crippen molar-refractivity contribution in [3.8, 4) is 11.5 Å². The molecule has 0 bridgehead atoms. The van der Waals surface area contributed by atoms with Crippen LogP contribution < -0.4 is 10.1 Å². The summed E-state index contributed by atoms with van der Waals surface area (Å²) < 4.78 is 11.1. The van der Waals surface area contributed by atoms with Crippen molar-refractivity contribution in [2.75, 3.05) is 19.8 Å². The predicted octanol–water partition coefficient (Wildman–Crippen LogP) is 3.48. The van der Waals surface area contributed by atoms with Gasteiger partial charge in [0.05, 0.1) is 29.3 Å². The van der Waals surface area contributed by atoms with E-state index in [0.717, 1.165) is 0 Å². The Bertz CT molecular complexity index is 747. The van der Waals surface area contributed by atoms with E-state index in [4.69, 9.17) is 9.47 Å². The number of nitrogens with one attached hydrogen (secondary N) is 1. The van der Waals surface area contributed by atoms with Crippen LogP contribution in [0.3, 0.4) is 0 Å². The number of allylic oxidation sites excluding steroid dienone is 1. The van der Waals surface area contributed by atoms with Crippen LogP contribution in [0.2, 0.25) is 0 Å². The van der Waals surface area contributed by atoms with Gasteiger partial charge in [0.1, 0.15) is 0 Å². The van der Waals surface area contributed by atoms with Crippen molar-refractivity contribution >= 4 is 27.9 Å². The van der Waals surface area contributed by atoms with Gasteiger partial charge in [0, 0.05) is 12.2 Å². The summed E-state index contributed by atoms with van der Waals surface area (Å²) in [5.74, 6) is -0.258. The fourth-order valence-electron chi connectivity index (χ4n) is 2.91. The van der Waals surface area contributed by atoms with Crippen LogP contribution in [0.4, 0.5) is 4.79 Å². The van der Waals surface area contributed by atoms with Crippen LogP contribution in [0.25, 0.3) is 0 Å². The number of halogens is 1. The molecule has 26 heavy (non-hydrogen) atoms. The lowest BCUT2D eigenvalue weighted by atomic mass is 9.94. The number of benzene rings is 1. The van der Waals surface area contributed by atoms with Gasteiger partial charge in [-0.05, 0) is 61.3 Å². The molecule has 0 saturated heterocycles. The lowest BCUT2D eigenvalue weighted by molar-refractivity contribution is -0.139. The summed E-state index contributed by atoms with van der Waals surface area (Å²) in [7, 11) is 0. The topological polar surface area (TPSA) is 88.1 Å². The van der Waals surface area contributed by atoms with E-state index >= 15 is 0 Å². The third kappa shape index (κ3) is 3.80. The number of nitrogens with zero attached hydrogens (tertiary/aromatic N) is 1. The van der Waals surface area contributed by atoms with Crippen LogP contribution in [0.5, 0.6) is 11.5 Å². The summed E-state index contributed by atoms with van der Waals surface area (Å²) in [6.45, 7) is 8.10. The second kappa shape index (κ2) is 8.44. The standard InChI is InChI=1S/C18H23BrN2O5/c1-5-21-10(4)14(17(23)26-7-3)15(20-18(21)24)11-8-12(19)16(22)13(9-11)25-6-2/h8-9,15,22H,5-7H2,1-4H3,(H,20,24)/t15-/m1/s1. The molecule has 1 aromatic rings. The van der Waals surface area contributed by atoms with Crippen molar-refractivity contribution < 1.29 is 24.2 Å². The molecule has 142 valence electrons. The monoisotopic (exact) mass is 426 g/mol. The number of ether oxygens (including phenoxy) is 2. The molecular weight excluding hydrogens is 404 g/mol. The van der Waals surface area contributed by atoms with Gasteiger partial charge in [-0.3, -0.25) is 4.90 Å². The molecule has 0 saturated carbocycles. The van der Waals surface area contributed by atoms with E-state index in [-0.39, 0.29) is 24.1 Å². The van der Waals surface area contributed by atoms with Gasteiger partial charge in [-0.1, -0.05) is 0 Å². The normalized spacial score (nSPS) is 17.2. The average molecular weight is 427 g/mol. The number of urea groups is 1. The first kappa shape index (κ1) is 20.1. The van der Waals surface area contributed by atoms with Crippen molar-refractivity contribution in [1.82, 2.24) is 10.2 Å². The van der Waals surface area contributed by atoms with Crippen LogP contribution in [-0.4, -0.2) is 41.8 Å². The molecular formula is C18H23BrN2O5. The molecule has 0 unspecified atom stereocenters. The lowest BCUT2D eigenvalue weighted by Crippen LogP contribution is -2.47. The molecule has 7 nitrogen and oxygen atoms in total. The highest BCUT2D eigenvalue weighted by molar-refractivity contribution is 9.10.